The fraction of sp³-hybridized carbons (Fsp3) is 0.414. The van der Waals surface area contributed by atoms with Gasteiger partial charge in [0.25, 0.3) is 0 Å². The SMILES string of the molecule is CC(C)[C@]1(C(=O)NCc2cc(C(F)(F)F)cc(C(F)(F)F)c2)CC[C@@H](NCc2cccc3ccccc23)C1. The molecule has 1 fully saturated rings. The van der Waals surface area contributed by atoms with Crippen LogP contribution in [-0.2, 0) is 30.2 Å². The molecule has 0 aromatic heterocycles. The van der Waals surface area contributed by atoms with Crippen molar-refractivity contribution in [1.82, 2.24) is 10.6 Å². The number of nitrogens with one attached hydrogen (secondary N) is 2. The average Bonchev–Trinajstić information content (AvgIpc) is 3.30. The van der Waals surface area contributed by atoms with Crippen molar-refractivity contribution < 1.29 is 31.1 Å². The highest BCUT2D eigenvalue weighted by atomic mass is 19.4. The van der Waals surface area contributed by atoms with Crippen LogP contribution in [0.3, 0.4) is 0 Å². The molecule has 0 unspecified atom stereocenters. The zero-order valence-corrected chi connectivity index (χ0v) is 21.1. The largest absolute Gasteiger partial charge is 0.416 e. The number of fused-ring (bicyclic) bond motifs is 1. The number of alkyl halides is 6. The quantitative estimate of drug-likeness (QED) is 0.308. The maximum absolute atomic E-state index is 13.4. The molecular weight excluding hydrogens is 506 g/mol. The van der Waals surface area contributed by atoms with Gasteiger partial charge in [0.15, 0.2) is 0 Å². The highest BCUT2D eigenvalue weighted by molar-refractivity contribution is 5.85. The van der Waals surface area contributed by atoms with Crippen molar-refractivity contribution in [2.75, 3.05) is 0 Å². The fourth-order valence-electron chi connectivity index (χ4n) is 5.42. The number of amides is 1. The first-order valence-electron chi connectivity index (χ1n) is 12.6. The van der Waals surface area contributed by atoms with Gasteiger partial charge in [0.2, 0.25) is 5.91 Å². The highest BCUT2D eigenvalue weighted by Crippen LogP contribution is 2.45. The molecule has 2 N–H and O–H groups in total. The first-order chi connectivity index (χ1) is 17.8. The second kappa shape index (κ2) is 10.6. The molecule has 1 aliphatic rings. The third-order valence-electron chi connectivity index (χ3n) is 7.67. The molecule has 3 aromatic carbocycles. The second-order valence-electron chi connectivity index (χ2n) is 10.4. The Kier molecular flexibility index (Phi) is 7.79. The van der Waals surface area contributed by atoms with Crippen LogP contribution in [0.5, 0.6) is 0 Å². The Bertz CT molecular complexity index is 1260. The summed E-state index contributed by atoms with van der Waals surface area (Å²) in [6.45, 7) is 4.03. The van der Waals surface area contributed by atoms with Gasteiger partial charge in [0, 0.05) is 19.1 Å². The Hall–Kier alpha value is -3.07. The number of hydrogen-bond acceptors (Lipinski definition) is 2. The zero-order valence-electron chi connectivity index (χ0n) is 21.1. The van der Waals surface area contributed by atoms with Gasteiger partial charge < -0.3 is 10.6 Å². The van der Waals surface area contributed by atoms with Crippen LogP contribution in [0.4, 0.5) is 26.3 Å². The van der Waals surface area contributed by atoms with E-state index in [1.165, 1.54) is 0 Å². The summed E-state index contributed by atoms with van der Waals surface area (Å²) in [7, 11) is 0. The van der Waals surface area contributed by atoms with Crippen LogP contribution in [-0.4, -0.2) is 11.9 Å². The minimum absolute atomic E-state index is 0.0486. The van der Waals surface area contributed by atoms with Crippen molar-refractivity contribution in [2.45, 2.75) is 64.6 Å². The number of carbonyl (C=O) groups excluding carboxylic acids is 1. The van der Waals surface area contributed by atoms with Crippen molar-refractivity contribution in [3.05, 3.63) is 82.9 Å². The summed E-state index contributed by atoms with van der Waals surface area (Å²) in [6.07, 6.45) is -8.04. The van der Waals surface area contributed by atoms with Gasteiger partial charge in [-0.15, -0.1) is 0 Å². The summed E-state index contributed by atoms with van der Waals surface area (Å²) in [5.41, 5.74) is -2.67. The van der Waals surface area contributed by atoms with Gasteiger partial charge >= 0.3 is 12.4 Å². The molecule has 1 amide bonds. The fourth-order valence-corrected chi connectivity index (χ4v) is 5.42. The van der Waals surface area contributed by atoms with Crippen LogP contribution < -0.4 is 10.6 Å². The molecule has 1 saturated carbocycles. The Labute approximate surface area is 217 Å². The van der Waals surface area contributed by atoms with Crippen LogP contribution in [0, 0.1) is 11.3 Å². The van der Waals surface area contributed by atoms with Gasteiger partial charge in [-0.3, -0.25) is 4.79 Å². The molecule has 0 saturated heterocycles. The smallest absolute Gasteiger partial charge is 0.352 e. The molecule has 3 nitrogen and oxygen atoms in total. The van der Waals surface area contributed by atoms with Crippen molar-refractivity contribution in [3.8, 4) is 0 Å². The molecule has 4 rings (SSSR count). The van der Waals surface area contributed by atoms with E-state index in [9.17, 15) is 31.1 Å². The van der Waals surface area contributed by atoms with E-state index in [4.69, 9.17) is 0 Å². The number of carbonyl (C=O) groups is 1. The number of rotatable bonds is 7. The van der Waals surface area contributed by atoms with E-state index < -0.39 is 35.4 Å². The minimum atomic E-state index is -4.94. The van der Waals surface area contributed by atoms with Gasteiger partial charge in [-0.25, -0.2) is 0 Å². The third-order valence-corrected chi connectivity index (χ3v) is 7.67. The van der Waals surface area contributed by atoms with Gasteiger partial charge in [-0.2, -0.15) is 26.3 Å². The Balaban J connectivity index is 1.45. The molecular formula is C29H30F6N2O. The van der Waals surface area contributed by atoms with Gasteiger partial charge in [0.1, 0.15) is 0 Å². The lowest BCUT2D eigenvalue weighted by atomic mass is 9.74. The molecule has 1 aliphatic carbocycles. The van der Waals surface area contributed by atoms with Crippen LogP contribution in [0.1, 0.15) is 55.4 Å². The minimum Gasteiger partial charge on any atom is -0.352 e. The summed E-state index contributed by atoms with van der Waals surface area (Å²) in [5, 5.41) is 8.47. The molecule has 3 aromatic rings. The Morgan fingerprint density at radius 3 is 2.18 bits per heavy atom. The van der Waals surface area contributed by atoms with Crippen LogP contribution in [0.2, 0.25) is 0 Å². The van der Waals surface area contributed by atoms with Crippen LogP contribution in [0.25, 0.3) is 10.8 Å². The number of benzene rings is 3. The maximum atomic E-state index is 13.4. The molecule has 0 radical (unpaired) electrons. The van der Waals surface area contributed by atoms with E-state index >= 15 is 0 Å². The summed E-state index contributed by atoms with van der Waals surface area (Å²) in [5.74, 6) is -0.424. The van der Waals surface area contributed by atoms with E-state index in [0.717, 1.165) is 22.8 Å². The molecule has 38 heavy (non-hydrogen) atoms. The maximum Gasteiger partial charge on any atom is 0.416 e. The monoisotopic (exact) mass is 536 g/mol. The second-order valence-corrected chi connectivity index (χ2v) is 10.4. The molecule has 2 atom stereocenters. The highest BCUT2D eigenvalue weighted by Gasteiger charge is 2.47. The molecule has 9 heteroatoms. The number of hydrogen-bond donors (Lipinski definition) is 2. The summed E-state index contributed by atoms with van der Waals surface area (Å²) in [6, 6.07) is 15.6. The first-order valence-corrected chi connectivity index (χ1v) is 12.6. The third kappa shape index (κ3) is 5.98. The van der Waals surface area contributed by atoms with E-state index in [2.05, 4.69) is 22.8 Å². The summed E-state index contributed by atoms with van der Waals surface area (Å²) < 4.78 is 79.3. The zero-order chi connectivity index (χ0) is 27.7. The van der Waals surface area contributed by atoms with Gasteiger partial charge in [-0.05, 0) is 65.3 Å². The van der Waals surface area contributed by atoms with E-state index in [0.29, 0.717) is 31.5 Å². The summed E-state index contributed by atoms with van der Waals surface area (Å²) in [4.78, 5) is 13.4. The molecule has 204 valence electrons. The van der Waals surface area contributed by atoms with Crippen molar-refractivity contribution in [2.24, 2.45) is 11.3 Å². The predicted octanol–water partition coefficient (Wildman–Crippen LogP) is 7.48. The Morgan fingerprint density at radius 2 is 1.55 bits per heavy atom. The molecule has 0 bridgehead atoms. The first kappa shape index (κ1) is 28.0. The normalized spacial score (nSPS) is 20.3. The van der Waals surface area contributed by atoms with Crippen LogP contribution in [0.15, 0.2) is 60.7 Å². The van der Waals surface area contributed by atoms with Crippen molar-refractivity contribution in [3.63, 3.8) is 0 Å². The molecule has 0 heterocycles. The molecule has 0 aliphatic heterocycles. The van der Waals surface area contributed by atoms with Gasteiger partial charge in [0.05, 0.1) is 16.5 Å². The Morgan fingerprint density at radius 1 is 0.921 bits per heavy atom. The standard InChI is InChI=1S/C29H30F6N2O/c1-18(2)27(11-10-24(15-27)36-17-21-8-5-7-20-6-3-4-9-25(20)21)26(38)37-16-19-12-22(28(30,31)32)14-23(13-19)29(33,34)35/h3-9,12-14,18,24,36H,10-11,15-17H2,1-2H3,(H,37,38)/t24-,27+/m1/s1. The predicted molar refractivity (Wildman–Crippen MR) is 134 cm³/mol. The summed E-state index contributed by atoms with van der Waals surface area (Å²) >= 11 is 0. The lowest BCUT2D eigenvalue weighted by molar-refractivity contribution is -0.143. The topological polar surface area (TPSA) is 41.1 Å². The van der Waals surface area contributed by atoms with Gasteiger partial charge in [-0.1, -0.05) is 56.3 Å². The average molecular weight is 537 g/mol. The van der Waals surface area contributed by atoms with E-state index in [1.54, 1.807) is 0 Å². The van der Waals surface area contributed by atoms with Crippen molar-refractivity contribution >= 4 is 16.7 Å². The number of halogens is 6. The lowest BCUT2D eigenvalue weighted by Gasteiger charge is -2.32. The van der Waals surface area contributed by atoms with E-state index in [-0.39, 0.29) is 29.5 Å². The lowest BCUT2D eigenvalue weighted by Crippen LogP contribution is -2.43. The molecule has 0 spiro atoms. The van der Waals surface area contributed by atoms with E-state index in [1.807, 2.05) is 44.2 Å². The van der Waals surface area contributed by atoms with Crippen molar-refractivity contribution in [1.29, 1.82) is 0 Å². The van der Waals surface area contributed by atoms with Crippen LogP contribution >= 0.6 is 0 Å².